The van der Waals surface area contributed by atoms with E-state index in [2.05, 4.69) is 13.8 Å². The van der Waals surface area contributed by atoms with Gasteiger partial charge in [0.05, 0.1) is 12.2 Å². The fourth-order valence-corrected chi connectivity index (χ4v) is 8.24. The molecule has 4 saturated carbocycles. The smallest absolute Gasteiger partial charge is 0.305 e. The van der Waals surface area contributed by atoms with E-state index in [0.29, 0.717) is 23.5 Å². The monoisotopic (exact) mass is 346 g/mol. The Balaban J connectivity index is 1.32. The van der Waals surface area contributed by atoms with Crippen molar-refractivity contribution in [3.63, 3.8) is 0 Å². The summed E-state index contributed by atoms with van der Waals surface area (Å²) in [5, 5.41) is 0. The quantitative estimate of drug-likeness (QED) is 0.537. The summed E-state index contributed by atoms with van der Waals surface area (Å²) < 4.78 is 17.7. The summed E-state index contributed by atoms with van der Waals surface area (Å²) in [6.07, 6.45) is 10.1. The van der Waals surface area contributed by atoms with Gasteiger partial charge in [0.15, 0.2) is 0 Å². The van der Waals surface area contributed by atoms with Crippen LogP contribution in [-0.4, -0.2) is 30.1 Å². The average Bonchev–Trinajstić information content (AvgIpc) is 3.42. The Morgan fingerprint density at radius 3 is 2.72 bits per heavy atom. The maximum atomic E-state index is 11.7. The van der Waals surface area contributed by atoms with Crippen LogP contribution in [-0.2, 0) is 19.0 Å². The molecule has 138 valence electrons. The highest BCUT2D eigenvalue weighted by molar-refractivity contribution is 5.67. The Morgan fingerprint density at radius 1 is 1.08 bits per heavy atom. The van der Waals surface area contributed by atoms with E-state index in [0.717, 1.165) is 30.6 Å². The van der Waals surface area contributed by atoms with Gasteiger partial charge in [-0.2, -0.15) is 0 Å². The molecule has 2 aliphatic heterocycles. The zero-order chi connectivity index (χ0) is 17.2. The highest BCUT2D eigenvalue weighted by Crippen LogP contribution is 2.74. The molecule has 4 aliphatic carbocycles. The predicted octanol–water partition coefficient (Wildman–Crippen LogP) is 3.67. The molecule has 10 atom stereocenters. The van der Waals surface area contributed by atoms with Gasteiger partial charge >= 0.3 is 5.97 Å². The van der Waals surface area contributed by atoms with Gasteiger partial charge in [-0.3, -0.25) is 4.79 Å². The second-order valence-electron chi connectivity index (χ2n) is 10.4. The lowest BCUT2D eigenvalue weighted by atomic mass is 9.45. The first-order valence-corrected chi connectivity index (χ1v) is 10.4. The van der Waals surface area contributed by atoms with E-state index in [4.69, 9.17) is 14.2 Å². The molecule has 2 saturated heterocycles. The molecule has 25 heavy (non-hydrogen) atoms. The SMILES string of the molecule is CC(=O)O[C@@]12O[C@@H]1CC1[C@@H]3CC[C@H]4C[C@@H]5O[C@@H]5C[C@]4(C)C3CC[C@@]12C. The number of ether oxygens (including phenoxy) is 3. The molecule has 0 bridgehead atoms. The Morgan fingerprint density at radius 2 is 1.92 bits per heavy atom. The van der Waals surface area contributed by atoms with Gasteiger partial charge in [-0.05, 0) is 74.0 Å². The van der Waals surface area contributed by atoms with Crippen LogP contribution in [0.1, 0.15) is 65.7 Å². The number of epoxide rings is 2. The molecule has 0 spiro atoms. The molecule has 0 radical (unpaired) electrons. The Bertz CT molecular complexity index is 648. The van der Waals surface area contributed by atoms with Gasteiger partial charge in [0.2, 0.25) is 5.79 Å². The van der Waals surface area contributed by atoms with Crippen LogP contribution >= 0.6 is 0 Å². The molecule has 0 aromatic heterocycles. The van der Waals surface area contributed by atoms with Crippen molar-refractivity contribution in [1.82, 2.24) is 0 Å². The van der Waals surface area contributed by atoms with Crippen molar-refractivity contribution in [3.8, 4) is 0 Å². The number of esters is 1. The van der Waals surface area contributed by atoms with Crippen LogP contribution in [0.25, 0.3) is 0 Å². The maximum absolute atomic E-state index is 11.7. The Hall–Kier alpha value is -0.610. The summed E-state index contributed by atoms with van der Waals surface area (Å²) in [6.45, 7) is 6.44. The molecule has 4 nitrogen and oxygen atoms in total. The van der Waals surface area contributed by atoms with E-state index in [9.17, 15) is 4.79 Å². The minimum absolute atomic E-state index is 0.0149. The molecule has 0 aromatic carbocycles. The fourth-order valence-electron chi connectivity index (χ4n) is 8.24. The Kier molecular flexibility index (Phi) is 2.74. The molecule has 2 unspecified atom stereocenters. The summed E-state index contributed by atoms with van der Waals surface area (Å²) in [5.41, 5.74) is 0.477. The molecule has 0 aromatic rings. The number of carbonyl (C=O) groups excluding carboxylic acids is 1. The van der Waals surface area contributed by atoms with Gasteiger partial charge in [0.25, 0.3) is 0 Å². The standard InChI is InChI=1S/C21H30O4/c1-11(22)24-21-18(25-21)9-15-13-5-4-12-8-16-17(23-16)10-19(12,2)14(13)6-7-20(15,21)3/h12-18H,4-10H2,1-3H3/t12-,13+,14?,15?,16-,17+,18+,19-,20-,21+/m0/s1. The molecule has 6 fully saturated rings. The van der Waals surface area contributed by atoms with E-state index in [1.807, 2.05) is 0 Å². The van der Waals surface area contributed by atoms with Crippen molar-refractivity contribution in [3.05, 3.63) is 0 Å². The van der Waals surface area contributed by atoms with E-state index < -0.39 is 5.79 Å². The number of hydrogen-bond donors (Lipinski definition) is 0. The van der Waals surface area contributed by atoms with E-state index in [1.165, 1.54) is 39.0 Å². The molecule has 2 heterocycles. The number of hydrogen-bond acceptors (Lipinski definition) is 4. The van der Waals surface area contributed by atoms with Gasteiger partial charge < -0.3 is 14.2 Å². The second-order valence-corrected chi connectivity index (χ2v) is 10.4. The van der Waals surface area contributed by atoms with Crippen LogP contribution in [0, 0.1) is 34.5 Å². The summed E-state index contributed by atoms with van der Waals surface area (Å²) >= 11 is 0. The average molecular weight is 346 g/mol. The zero-order valence-corrected chi connectivity index (χ0v) is 15.6. The normalized spacial score (nSPS) is 63.4. The van der Waals surface area contributed by atoms with E-state index in [-0.39, 0.29) is 17.5 Å². The number of carbonyl (C=O) groups is 1. The van der Waals surface area contributed by atoms with Gasteiger partial charge in [-0.25, -0.2) is 0 Å². The molecule has 4 heteroatoms. The van der Waals surface area contributed by atoms with Gasteiger partial charge in [0.1, 0.15) is 6.10 Å². The van der Waals surface area contributed by atoms with Crippen LogP contribution < -0.4 is 0 Å². The van der Waals surface area contributed by atoms with Crippen molar-refractivity contribution >= 4 is 5.97 Å². The number of fused-ring (bicyclic) bond motifs is 8. The fraction of sp³-hybridized carbons (Fsp3) is 0.952. The molecule has 6 aliphatic rings. The third-order valence-electron chi connectivity index (χ3n) is 9.54. The molecule has 0 N–H and O–H groups in total. The number of rotatable bonds is 1. The molecule has 0 amide bonds. The topological polar surface area (TPSA) is 51.4 Å². The molecular formula is C21H30O4. The first-order chi connectivity index (χ1) is 11.9. The highest BCUT2D eigenvalue weighted by atomic mass is 16.8. The van der Waals surface area contributed by atoms with Crippen molar-refractivity contribution < 1.29 is 19.0 Å². The summed E-state index contributed by atoms with van der Waals surface area (Å²) in [7, 11) is 0. The van der Waals surface area contributed by atoms with Crippen LogP contribution in [0.5, 0.6) is 0 Å². The van der Waals surface area contributed by atoms with Gasteiger partial charge in [-0.1, -0.05) is 13.8 Å². The lowest BCUT2D eigenvalue weighted by Gasteiger charge is -2.60. The van der Waals surface area contributed by atoms with Crippen molar-refractivity contribution in [1.29, 1.82) is 0 Å². The largest absolute Gasteiger partial charge is 0.430 e. The van der Waals surface area contributed by atoms with Crippen molar-refractivity contribution in [2.24, 2.45) is 34.5 Å². The van der Waals surface area contributed by atoms with Crippen molar-refractivity contribution in [2.45, 2.75) is 89.8 Å². The summed E-state index contributed by atoms with van der Waals surface area (Å²) in [6, 6.07) is 0. The van der Waals surface area contributed by atoms with Gasteiger partial charge in [0, 0.05) is 12.3 Å². The first kappa shape index (κ1) is 15.4. The predicted molar refractivity (Wildman–Crippen MR) is 90.5 cm³/mol. The molecular weight excluding hydrogens is 316 g/mol. The van der Waals surface area contributed by atoms with E-state index in [1.54, 1.807) is 0 Å². The van der Waals surface area contributed by atoms with Gasteiger partial charge in [-0.15, -0.1) is 0 Å². The Labute approximate surface area is 150 Å². The lowest BCUT2D eigenvalue weighted by Crippen LogP contribution is -2.56. The van der Waals surface area contributed by atoms with Crippen LogP contribution in [0.3, 0.4) is 0 Å². The minimum atomic E-state index is -0.594. The summed E-state index contributed by atoms with van der Waals surface area (Å²) in [4.78, 5) is 11.7. The van der Waals surface area contributed by atoms with E-state index >= 15 is 0 Å². The third-order valence-corrected chi connectivity index (χ3v) is 9.54. The lowest BCUT2D eigenvalue weighted by molar-refractivity contribution is -0.198. The first-order valence-electron chi connectivity index (χ1n) is 10.4. The maximum Gasteiger partial charge on any atom is 0.305 e. The molecule has 6 rings (SSSR count). The van der Waals surface area contributed by atoms with Crippen LogP contribution in [0.4, 0.5) is 0 Å². The third kappa shape index (κ3) is 1.74. The summed E-state index contributed by atoms with van der Waals surface area (Å²) in [5.74, 6) is 2.33. The van der Waals surface area contributed by atoms with Crippen LogP contribution in [0.2, 0.25) is 0 Å². The highest BCUT2D eigenvalue weighted by Gasteiger charge is 2.80. The zero-order valence-electron chi connectivity index (χ0n) is 15.6. The minimum Gasteiger partial charge on any atom is -0.430 e. The van der Waals surface area contributed by atoms with Crippen molar-refractivity contribution in [2.75, 3.05) is 0 Å². The second kappa shape index (κ2) is 4.44. The van der Waals surface area contributed by atoms with Crippen LogP contribution in [0.15, 0.2) is 0 Å².